The summed E-state index contributed by atoms with van der Waals surface area (Å²) < 4.78 is 5.93. The SMILES string of the molecule is C[C@H](NC(=O)OCC1c2ccccc2-c2ccccc21)C(=O)On1c(O)ccc1O. The number of nitrogens with zero attached hydrogens (tertiary/aromatic N) is 1. The van der Waals surface area contributed by atoms with Crippen molar-refractivity contribution in [3.63, 3.8) is 0 Å². The van der Waals surface area contributed by atoms with Gasteiger partial charge < -0.3 is 25.1 Å². The number of carbonyl (C=O) groups is 2. The van der Waals surface area contributed by atoms with Crippen LogP contribution in [0.1, 0.15) is 24.0 Å². The first-order valence-corrected chi connectivity index (χ1v) is 9.39. The number of hydrogen-bond donors (Lipinski definition) is 3. The van der Waals surface area contributed by atoms with Gasteiger partial charge in [-0.2, -0.15) is 0 Å². The van der Waals surface area contributed by atoms with Crippen LogP contribution >= 0.6 is 0 Å². The fraction of sp³-hybridized carbons (Fsp3) is 0.182. The first-order chi connectivity index (χ1) is 14.5. The number of aromatic nitrogens is 1. The molecule has 8 nitrogen and oxygen atoms in total. The van der Waals surface area contributed by atoms with Gasteiger partial charge in [0, 0.05) is 18.1 Å². The first kappa shape index (κ1) is 19.4. The molecule has 1 atom stereocenters. The molecular weight excluding hydrogens is 388 g/mol. The summed E-state index contributed by atoms with van der Waals surface area (Å²) in [5.74, 6) is -1.88. The predicted molar refractivity (Wildman–Crippen MR) is 107 cm³/mol. The van der Waals surface area contributed by atoms with E-state index in [2.05, 4.69) is 5.32 Å². The summed E-state index contributed by atoms with van der Waals surface area (Å²) in [6.45, 7) is 1.52. The van der Waals surface area contributed by atoms with Crippen molar-refractivity contribution in [2.75, 3.05) is 6.61 Å². The van der Waals surface area contributed by atoms with Gasteiger partial charge >= 0.3 is 12.1 Å². The maximum Gasteiger partial charge on any atom is 0.407 e. The van der Waals surface area contributed by atoms with Crippen LogP contribution in [0, 0.1) is 0 Å². The van der Waals surface area contributed by atoms with Crippen LogP contribution in [0.15, 0.2) is 60.7 Å². The number of hydrogen-bond acceptors (Lipinski definition) is 6. The summed E-state index contributed by atoms with van der Waals surface area (Å²) in [5.41, 5.74) is 4.39. The smallest absolute Gasteiger partial charge is 0.407 e. The number of fused-ring (bicyclic) bond motifs is 3. The van der Waals surface area contributed by atoms with Gasteiger partial charge in [0.15, 0.2) is 0 Å². The lowest BCUT2D eigenvalue weighted by Gasteiger charge is -2.17. The van der Waals surface area contributed by atoms with Gasteiger partial charge in [-0.3, -0.25) is 0 Å². The molecule has 0 radical (unpaired) electrons. The average Bonchev–Trinajstić information content (AvgIpc) is 3.24. The zero-order chi connectivity index (χ0) is 21.3. The molecule has 3 aromatic rings. The summed E-state index contributed by atoms with van der Waals surface area (Å²) in [7, 11) is 0. The molecular formula is C22H20N2O6. The first-order valence-electron chi connectivity index (χ1n) is 9.39. The van der Waals surface area contributed by atoms with Gasteiger partial charge in [-0.25, -0.2) is 9.59 Å². The van der Waals surface area contributed by atoms with E-state index in [1.54, 1.807) is 0 Å². The van der Waals surface area contributed by atoms with Crippen LogP contribution in [0.2, 0.25) is 0 Å². The number of amides is 1. The van der Waals surface area contributed by atoms with Crippen molar-refractivity contribution in [1.82, 2.24) is 10.0 Å². The largest absolute Gasteiger partial charge is 0.492 e. The molecule has 0 saturated heterocycles. The van der Waals surface area contributed by atoms with Crippen LogP contribution in [-0.4, -0.2) is 39.7 Å². The lowest BCUT2D eigenvalue weighted by atomic mass is 9.98. The van der Waals surface area contributed by atoms with Crippen molar-refractivity contribution in [2.45, 2.75) is 18.9 Å². The highest BCUT2D eigenvalue weighted by Crippen LogP contribution is 2.44. The Kier molecular flexibility index (Phi) is 5.05. The normalized spacial score (nSPS) is 13.2. The number of aromatic hydroxyl groups is 2. The van der Waals surface area contributed by atoms with Crippen molar-refractivity contribution < 1.29 is 29.4 Å². The van der Waals surface area contributed by atoms with Crippen LogP contribution in [0.3, 0.4) is 0 Å². The Labute approximate surface area is 172 Å². The summed E-state index contributed by atoms with van der Waals surface area (Å²) in [6.07, 6.45) is -0.776. The van der Waals surface area contributed by atoms with Crippen LogP contribution in [-0.2, 0) is 9.53 Å². The Morgan fingerprint density at radius 3 is 2.07 bits per heavy atom. The summed E-state index contributed by atoms with van der Waals surface area (Å²) in [4.78, 5) is 29.2. The maximum absolute atomic E-state index is 12.2. The fourth-order valence-electron chi connectivity index (χ4n) is 3.54. The third-order valence-electron chi connectivity index (χ3n) is 5.01. The summed E-state index contributed by atoms with van der Waals surface area (Å²) >= 11 is 0. The quantitative estimate of drug-likeness (QED) is 0.599. The third kappa shape index (κ3) is 3.55. The number of nitrogens with one attached hydrogen (secondary N) is 1. The molecule has 1 heterocycles. The molecule has 0 aliphatic heterocycles. The van der Waals surface area contributed by atoms with Gasteiger partial charge in [0.2, 0.25) is 11.8 Å². The minimum Gasteiger partial charge on any atom is -0.492 e. The molecule has 0 fully saturated rings. The number of rotatable bonds is 5. The zero-order valence-electron chi connectivity index (χ0n) is 16.1. The van der Waals surface area contributed by atoms with Gasteiger partial charge in [-0.1, -0.05) is 48.5 Å². The monoisotopic (exact) mass is 408 g/mol. The van der Waals surface area contributed by atoms with E-state index in [0.717, 1.165) is 34.4 Å². The molecule has 3 N–H and O–H groups in total. The Morgan fingerprint density at radius 1 is 0.967 bits per heavy atom. The van der Waals surface area contributed by atoms with Crippen LogP contribution in [0.4, 0.5) is 4.79 Å². The third-order valence-corrected chi connectivity index (χ3v) is 5.01. The van der Waals surface area contributed by atoms with Crippen molar-refractivity contribution in [1.29, 1.82) is 0 Å². The Morgan fingerprint density at radius 2 is 1.50 bits per heavy atom. The van der Waals surface area contributed by atoms with E-state index >= 15 is 0 Å². The molecule has 0 spiro atoms. The molecule has 2 aromatic carbocycles. The van der Waals surface area contributed by atoms with Crippen molar-refractivity contribution in [3.8, 4) is 22.9 Å². The van der Waals surface area contributed by atoms with Crippen molar-refractivity contribution in [2.24, 2.45) is 0 Å². The van der Waals surface area contributed by atoms with E-state index in [0.29, 0.717) is 4.73 Å². The van der Waals surface area contributed by atoms with Crippen LogP contribution < -0.4 is 10.2 Å². The number of benzene rings is 2. The molecule has 8 heteroatoms. The van der Waals surface area contributed by atoms with E-state index in [1.165, 1.54) is 6.92 Å². The molecule has 1 aliphatic carbocycles. The van der Waals surface area contributed by atoms with Gasteiger partial charge in [0.05, 0.1) is 0 Å². The van der Waals surface area contributed by atoms with Gasteiger partial charge in [-0.05, 0) is 29.2 Å². The average molecular weight is 408 g/mol. The second-order valence-electron chi connectivity index (χ2n) is 6.95. The molecule has 154 valence electrons. The Bertz CT molecular complexity index is 1040. The standard InChI is InChI=1S/C22H20N2O6/c1-13(21(27)30-24-19(25)10-11-20(24)26)23-22(28)29-12-18-16-8-4-2-6-14(16)15-7-3-5-9-17(15)18/h2-11,13,18,25-26H,12H2,1H3,(H,23,28)/t13-/m0/s1. The van der Waals surface area contributed by atoms with Gasteiger partial charge in [0.25, 0.3) is 0 Å². The van der Waals surface area contributed by atoms with E-state index in [1.807, 2.05) is 48.5 Å². The fourth-order valence-corrected chi connectivity index (χ4v) is 3.54. The Balaban J connectivity index is 1.38. The molecule has 1 amide bonds. The molecule has 1 aromatic heterocycles. The second-order valence-corrected chi connectivity index (χ2v) is 6.95. The van der Waals surface area contributed by atoms with Crippen molar-refractivity contribution >= 4 is 12.1 Å². The summed E-state index contributed by atoms with van der Waals surface area (Å²) in [6, 6.07) is 17.2. The molecule has 1 aliphatic rings. The van der Waals surface area contributed by atoms with E-state index in [4.69, 9.17) is 9.57 Å². The highest BCUT2D eigenvalue weighted by atomic mass is 16.7. The zero-order valence-corrected chi connectivity index (χ0v) is 16.1. The molecule has 4 rings (SSSR count). The van der Waals surface area contributed by atoms with E-state index in [-0.39, 0.29) is 12.5 Å². The molecule has 0 bridgehead atoms. The lowest BCUT2D eigenvalue weighted by Crippen LogP contribution is -2.43. The van der Waals surface area contributed by atoms with Gasteiger partial charge in [-0.15, -0.1) is 4.73 Å². The van der Waals surface area contributed by atoms with Crippen LogP contribution in [0.25, 0.3) is 11.1 Å². The maximum atomic E-state index is 12.2. The highest BCUT2D eigenvalue weighted by molar-refractivity contribution is 5.82. The number of alkyl carbamates (subject to hydrolysis) is 1. The predicted octanol–water partition coefficient (Wildman–Crippen LogP) is 2.78. The van der Waals surface area contributed by atoms with E-state index in [9.17, 15) is 19.8 Å². The molecule has 0 saturated carbocycles. The second kappa shape index (κ2) is 7.82. The van der Waals surface area contributed by atoms with Gasteiger partial charge in [0.1, 0.15) is 12.6 Å². The van der Waals surface area contributed by atoms with Crippen molar-refractivity contribution in [3.05, 3.63) is 71.8 Å². The number of carbonyl (C=O) groups excluding carboxylic acids is 2. The lowest BCUT2D eigenvalue weighted by molar-refractivity contribution is -0.147. The summed E-state index contributed by atoms with van der Waals surface area (Å²) in [5, 5.41) is 21.4. The molecule has 30 heavy (non-hydrogen) atoms. The highest BCUT2D eigenvalue weighted by Gasteiger charge is 2.29. The number of ether oxygens (including phenoxy) is 1. The minimum atomic E-state index is -1.07. The topological polar surface area (TPSA) is 110 Å². The van der Waals surface area contributed by atoms with E-state index < -0.39 is 29.9 Å². The molecule has 0 unspecified atom stereocenters. The Hall–Kier alpha value is -3.94. The minimum absolute atomic E-state index is 0.0980. The van der Waals surface area contributed by atoms with Crippen LogP contribution in [0.5, 0.6) is 11.8 Å².